The van der Waals surface area contributed by atoms with Crippen molar-refractivity contribution in [2.75, 3.05) is 46.8 Å². The number of rotatable bonds is 2. The van der Waals surface area contributed by atoms with Gasteiger partial charge in [-0.3, -0.25) is 0 Å². The highest BCUT2D eigenvalue weighted by molar-refractivity contribution is 4.91. The minimum absolute atomic E-state index is 0.933. The van der Waals surface area contributed by atoms with Gasteiger partial charge in [-0.2, -0.15) is 0 Å². The highest BCUT2D eigenvalue weighted by Gasteiger charge is 2.39. The number of nitrogens with zero attached hydrogens (tertiary/aromatic N) is 3. The Morgan fingerprint density at radius 3 is 2.00 bits per heavy atom. The summed E-state index contributed by atoms with van der Waals surface area (Å²) in [5.74, 6) is 1.87. The summed E-state index contributed by atoms with van der Waals surface area (Å²) in [6.45, 7) is 8.69. The molecule has 2 heterocycles. The summed E-state index contributed by atoms with van der Waals surface area (Å²) in [6, 6.07) is 0. The third kappa shape index (κ3) is 1.73. The smallest absolute Gasteiger partial charge is 0.0177 e. The standard InChI is InChI=1S/C10H21N3/c1-4-12-5-9-7-13(11(2)3)8-10(9)6-12/h9-10H,4-8H2,1-3H3. The van der Waals surface area contributed by atoms with Crippen molar-refractivity contribution in [3.63, 3.8) is 0 Å². The molecule has 0 aliphatic carbocycles. The minimum Gasteiger partial charge on any atom is -0.303 e. The zero-order valence-corrected chi connectivity index (χ0v) is 9.03. The molecule has 0 radical (unpaired) electrons. The maximum Gasteiger partial charge on any atom is 0.0177 e. The molecule has 13 heavy (non-hydrogen) atoms. The van der Waals surface area contributed by atoms with Crippen LogP contribution in [0.15, 0.2) is 0 Å². The first-order valence-electron chi connectivity index (χ1n) is 5.35. The monoisotopic (exact) mass is 183 g/mol. The normalized spacial score (nSPS) is 36.0. The third-order valence-corrected chi connectivity index (χ3v) is 3.56. The molecule has 2 saturated heterocycles. The zero-order valence-electron chi connectivity index (χ0n) is 9.03. The summed E-state index contributed by atoms with van der Waals surface area (Å²) in [5.41, 5.74) is 0. The van der Waals surface area contributed by atoms with Crippen LogP contribution in [-0.2, 0) is 0 Å². The topological polar surface area (TPSA) is 9.72 Å². The van der Waals surface area contributed by atoms with Gasteiger partial charge in [-0.25, -0.2) is 10.0 Å². The van der Waals surface area contributed by atoms with Crippen LogP contribution in [0.5, 0.6) is 0 Å². The van der Waals surface area contributed by atoms with Gasteiger partial charge in [0.15, 0.2) is 0 Å². The van der Waals surface area contributed by atoms with Crippen LogP contribution in [0.2, 0.25) is 0 Å². The van der Waals surface area contributed by atoms with Gasteiger partial charge in [0.25, 0.3) is 0 Å². The molecule has 2 rings (SSSR count). The largest absolute Gasteiger partial charge is 0.303 e. The molecule has 0 spiro atoms. The first-order chi connectivity index (χ1) is 6.20. The van der Waals surface area contributed by atoms with Crippen LogP contribution in [0.3, 0.4) is 0 Å². The Kier molecular flexibility index (Phi) is 2.58. The van der Waals surface area contributed by atoms with Crippen molar-refractivity contribution in [1.29, 1.82) is 0 Å². The van der Waals surface area contributed by atoms with E-state index in [-0.39, 0.29) is 0 Å². The SMILES string of the molecule is CCN1CC2CN(N(C)C)CC2C1. The lowest BCUT2D eigenvalue weighted by molar-refractivity contribution is 0.0402. The number of hydrogen-bond donors (Lipinski definition) is 0. The van der Waals surface area contributed by atoms with Crippen LogP contribution < -0.4 is 0 Å². The molecular formula is C10H21N3. The van der Waals surface area contributed by atoms with Gasteiger partial charge in [0.05, 0.1) is 0 Å². The van der Waals surface area contributed by atoms with E-state index in [9.17, 15) is 0 Å². The zero-order chi connectivity index (χ0) is 9.42. The van der Waals surface area contributed by atoms with Crippen molar-refractivity contribution < 1.29 is 0 Å². The molecule has 0 N–H and O–H groups in total. The van der Waals surface area contributed by atoms with E-state index in [0.29, 0.717) is 0 Å². The Morgan fingerprint density at radius 2 is 1.62 bits per heavy atom. The predicted octanol–water partition coefficient (Wildman–Crippen LogP) is 0.346. The summed E-state index contributed by atoms with van der Waals surface area (Å²) in [7, 11) is 4.30. The Balaban J connectivity index is 1.89. The van der Waals surface area contributed by atoms with Crippen LogP contribution in [0.25, 0.3) is 0 Å². The average molecular weight is 183 g/mol. The number of hydrazine groups is 1. The summed E-state index contributed by atoms with van der Waals surface area (Å²) < 4.78 is 0. The van der Waals surface area contributed by atoms with Crippen molar-refractivity contribution in [1.82, 2.24) is 14.9 Å². The first-order valence-corrected chi connectivity index (χ1v) is 5.35. The van der Waals surface area contributed by atoms with E-state index in [1.165, 1.54) is 32.7 Å². The molecule has 0 aromatic carbocycles. The maximum atomic E-state index is 2.59. The van der Waals surface area contributed by atoms with Crippen LogP contribution in [0.1, 0.15) is 6.92 Å². The van der Waals surface area contributed by atoms with Crippen molar-refractivity contribution in [3.8, 4) is 0 Å². The van der Waals surface area contributed by atoms with Crippen LogP contribution in [0.4, 0.5) is 0 Å². The average Bonchev–Trinajstić information content (AvgIpc) is 2.58. The molecule has 0 amide bonds. The second-order valence-corrected chi connectivity index (χ2v) is 4.59. The lowest BCUT2D eigenvalue weighted by Crippen LogP contribution is -2.37. The maximum absolute atomic E-state index is 2.59. The molecule has 0 aromatic rings. The molecule has 0 aromatic heterocycles. The van der Waals surface area contributed by atoms with Crippen molar-refractivity contribution in [2.24, 2.45) is 11.8 Å². The van der Waals surface area contributed by atoms with Crippen molar-refractivity contribution >= 4 is 0 Å². The van der Waals surface area contributed by atoms with E-state index >= 15 is 0 Å². The van der Waals surface area contributed by atoms with E-state index in [2.05, 4.69) is 35.9 Å². The van der Waals surface area contributed by atoms with Gasteiger partial charge in [-0.1, -0.05) is 6.92 Å². The van der Waals surface area contributed by atoms with Crippen molar-refractivity contribution in [3.05, 3.63) is 0 Å². The van der Waals surface area contributed by atoms with Gasteiger partial charge < -0.3 is 4.90 Å². The van der Waals surface area contributed by atoms with E-state index in [0.717, 1.165) is 11.8 Å². The highest BCUT2D eigenvalue weighted by Crippen LogP contribution is 2.30. The van der Waals surface area contributed by atoms with Gasteiger partial charge in [0.2, 0.25) is 0 Å². The Labute approximate surface area is 81.3 Å². The molecule has 2 aliphatic rings. The lowest BCUT2D eigenvalue weighted by atomic mass is 10.0. The molecule has 0 bridgehead atoms. The second-order valence-electron chi connectivity index (χ2n) is 4.59. The van der Waals surface area contributed by atoms with Gasteiger partial charge in [0.1, 0.15) is 0 Å². The second kappa shape index (κ2) is 3.56. The molecule has 3 heteroatoms. The van der Waals surface area contributed by atoms with Crippen LogP contribution >= 0.6 is 0 Å². The molecule has 2 unspecified atom stereocenters. The summed E-state index contributed by atoms with van der Waals surface area (Å²) in [6.07, 6.45) is 0. The van der Waals surface area contributed by atoms with E-state index in [4.69, 9.17) is 0 Å². The fourth-order valence-corrected chi connectivity index (χ4v) is 2.65. The summed E-state index contributed by atoms with van der Waals surface area (Å²) >= 11 is 0. The lowest BCUT2D eigenvalue weighted by Gasteiger charge is -2.25. The van der Waals surface area contributed by atoms with Crippen LogP contribution in [-0.4, -0.2) is 61.7 Å². The molecule has 2 aliphatic heterocycles. The Morgan fingerprint density at radius 1 is 1.08 bits per heavy atom. The fraction of sp³-hybridized carbons (Fsp3) is 1.00. The Hall–Kier alpha value is -0.120. The number of hydrogen-bond acceptors (Lipinski definition) is 3. The third-order valence-electron chi connectivity index (χ3n) is 3.56. The molecule has 3 nitrogen and oxygen atoms in total. The van der Waals surface area contributed by atoms with Gasteiger partial charge in [-0.05, 0) is 18.4 Å². The van der Waals surface area contributed by atoms with E-state index < -0.39 is 0 Å². The number of likely N-dealkylation sites (tertiary alicyclic amines) is 1. The molecule has 76 valence electrons. The molecule has 0 saturated carbocycles. The van der Waals surface area contributed by atoms with E-state index in [1.54, 1.807) is 0 Å². The van der Waals surface area contributed by atoms with Gasteiger partial charge >= 0.3 is 0 Å². The molecular weight excluding hydrogens is 162 g/mol. The first kappa shape index (κ1) is 9.44. The summed E-state index contributed by atoms with van der Waals surface area (Å²) in [5, 5.41) is 4.72. The fourth-order valence-electron chi connectivity index (χ4n) is 2.65. The highest BCUT2D eigenvalue weighted by atomic mass is 15.6. The molecule has 2 atom stereocenters. The Bertz CT molecular complexity index is 167. The minimum atomic E-state index is 0.933. The van der Waals surface area contributed by atoms with Crippen LogP contribution in [0, 0.1) is 11.8 Å². The van der Waals surface area contributed by atoms with Gasteiger partial charge in [0, 0.05) is 40.3 Å². The molecule has 2 fully saturated rings. The summed E-state index contributed by atoms with van der Waals surface area (Å²) in [4.78, 5) is 2.59. The van der Waals surface area contributed by atoms with Gasteiger partial charge in [-0.15, -0.1) is 0 Å². The number of fused-ring (bicyclic) bond motifs is 1. The van der Waals surface area contributed by atoms with E-state index in [1.807, 2.05) is 0 Å². The predicted molar refractivity (Wildman–Crippen MR) is 54.4 cm³/mol. The van der Waals surface area contributed by atoms with Crippen molar-refractivity contribution in [2.45, 2.75) is 6.92 Å². The quantitative estimate of drug-likeness (QED) is 0.611.